The summed E-state index contributed by atoms with van der Waals surface area (Å²) in [7, 11) is 0. The molecular formula is C20H17F3N2O2. The Bertz CT molecular complexity index is 1080. The Morgan fingerprint density at radius 2 is 1.85 bits per heavy atom. The van der Waals surface area contributed by atoms with E-state index < -0.39 is 23.1 Å². The monoisotopic (exact) mass is 374 g/mol. The van der Waals surface area contributed by atoms with Gasteiger partial charge in [-0.15, -0.1) is 0 Å². The van der Waals surface area contributed by atoms with Crippen LogP contribution in [0.15, 0.2) is 53.5 Å². The normalized spacial score (nSPS) is 11.6. The summed E-state index contributed by atoms with van der Waals surface area (Å²) in [5.41, 5.74) is -0.163. The average molecular weight is 374 g/mol. The zero-order chi connectivity index (χ0) is 19.8. The van der Waals surface area contributed by atoms with Gasteiger partial charge in [-0.1, -0.05) is 18.2 Å². The van der Waals surface area contributed by atoms with Gasteiger partial charge in [0.15, 0.2) is 0 Å². The molecule has 4 nitrogen and oxygen atoms in total. The topological polar surface area (TPSA) is 51.1 Å². The number of amides is 1. The Balaban J connectivity index is 2.15. The number of pyridine rings is 1. The van der Waals surface area contributed by atoms with Gasteiger partial charge in [-0.3, -0.25) is 9.59 Å². The second-order valence-corrected chi connectivity index (χ2v) is 6.16. The number of anilines is 1. The Morgan fingerprint density at radius 1 is 1.15 bits per heavy atom. The van der Waals surface area contributed by atoms with Gasteiger partial charge in [0.05, 0.1) is 11.1 Å². The molecule has 1 heterocycles. The van der Waals surface area contributed by atoms with E-state index in [0.29, 0.717) is 17.7 Å². The van der Waals surface area contributed by atoms with Crippen LogP contribution in [-0.2, 0) is 12.7 Å². The Morgan fingerprint density at radius 3 is 2.48 bits per heavy atom. The summed E-state index contributed by atoms with van der Waals surface area (Å²) < 4.78 is 40.7. The molecule has 2 aromatic carbocycles. The Kier molecular flexibility index (Phi) is 4.78. The van der Waals surface area contributed by atoms with Crippen molar-refractivity contribution in [2.75, 3.05) is 5.32 Å². The third-order valence-electron chi connectivity index (χ3n) is 4.39. The first-order valence-corrected chi connectivity index (χ1v) is 8.33. The zero-order valence-electron chi connectivity index (χ0n) is 14.7. The summed E-state index contributed by atoms with van der Waals surface area (Å²) in [4.78, 5) is 25.4. The van der Waals surface area contributed by atoms with Crippen LogP contribution < -0.4 is 10.7 Å². The molecule has 0 radical (unpaired) electrons. The third kappa shape index (κ3) is 3.58. The molecule has 0 aliphatic heterocycles. The molecular weight excluding hydrogens is 357 g/mol. The van der Waals surface area contributed by atoms with Gasteiger partial charge in [0.25, 0.3) is 5.91 Å². The van der Waals surface area contributed by atoms with Gasteiger partial charge in [-0.2, -0.15) is 13.2 Å². The molecule has 0 saturated heterocycles. The van der Waals surface area contributed by atoms with Crippen LogP contribution in [0.2, 0.25) is 0 Å². The molecule has 7 heteroatoms. The highest BCUT2D eigenvalue weighted by atomic mass is 19.4. The number of benzene rings is 2. The van der Waals surface area contributed by atoms with Crippen LogP contribution in [0.25, 0.3) is 10.9 Å². The summed E-state index contributed by atoms with van der Waals surface area (Å²) in [6, 6.07) is 10.0. The minimum absolute atomic E-state index is 0.135. The van der Waals surface area contributed by atoms with Crippen molar-refractivity contribution in [3.8, 4) is 0 Å². The lowest BCUT2D eigenvalue weighted by Gasteiger charge is -2.14. The maximum atomic E-state index is 13.0. The largest absolute Gasteiger partial charge is 0.416 e. The molecule has 1 N–H and O–H groups in total. The van der Waals surface area contributed by atoms with Crippen molar-refractivity contribution >= 4 is 22.5 Å². The lowest BCUT2D eigenvalue weighted by Crippen LogP contribution is -2.24. The number of rotatable bonds is 3. The van der Waals surface area contributed by atoms with E-state index in [0.717, 1.165) is 17.7 Å². The van der Waals surface area contributed by atoms with Crippen LogP contribution in [0, 0.1) is 6.92 Å². The first kappa shape index (κ1) is 18.7. The van der Waals surface area contributed by atoms with Crippen LogP contribution in [0.3, 0.4) is 0 Å². The van der Waals surface area contributed by atoms with Crippen molar-refractivity contribution in [1.29, 1.82) is 0 Å². The maximum Gasteiger partial charge on any atom is 0.416 e. The molecule has 3 aromatic rings. The van der Waals surface area contributed by atoms with Gasteiger partial charge >= 0.3 is 6.18 Å². The molecule has 0 aliphatic rings. The standard InChI is InChI=1S/C20H17F3N2O2/c1-3-25-11-15(19(27)24-16-7-5-4-6-12(16)2)18(26)14-10-13(20(21,22)23)8-9-17(14)25/h4-11H,3H2,1-2H3,(H,24,27). The van der Waals surface area contributed by atoms with Crippen LogP contribution in [0.4, 0.5) is 18.9 Å². The van der Waals surface area contributed by atoms with Crippen molar-refractivity contribution in [2.45, 2.75) is 26.6 Å². The van der Waals surface area contributed by atoms with Crippen molar-refractivity contribution < 1.29 is 18.0 Å². The van der Waals surface area contributed by atoms with Crippen LogP contribution >= 0.6 is 0 Å². The van der Waals surface area contributed by atoms with E-state index in [1.807, 2.05) is 6.07 Å². The molecule has 140 valence electrons. The van der Waals surface area contributed by atoms with E-state index >= 15 is 0 Å². The van der Waals surface area contributed by atoms with Crippen LogP contribution in [0.1, 0.15) is 28.4 Å². The molecule has 0 aliphatic carbocycles. The minimum atomic E-state index is -4.57. The third-order valence-corrected chi connectivity index (χ3v) is 4.39. The fourth-order valence-electron chi connectivity index (χ4n) is 2.90. The second-order valence-electron chi connectivity index (χ2n) is 6.16. The number of aromatic nitrogens is 1. The molecule has 0 atom stereocenters. The van der Waals surface area contributed by atoms with E-state index in [1.54, 1.807) is 36.6 Å². The number of alkyl halides is 3. The molecule has 0 saturated carbocycles. The second kappa shape index (κ2) is 6.90. The van der Waals surface area contributed by atoms with Crippen LogP contribution in [-0.4, -0.2) is 10.5 Å². The zero-order valence-corrected chi connectivity index (χ0v) is 14.7. The van der Waals surface area contributed by atoms with Crippen LogP contribution in [0.5, 0.6) is 0 Å². The number of para-hydroxylation sites is 1. The highest BCUT2D eigenvalue weighted by Gasteiger charge is 2.31. The summed E-state index contributed by atoms with van der Waals surface area (Å²) in [6.45, 7) is 3.98. The fourth-order valence-corrected chi connectivity index (χ4v) is 2.90. The number of hydrogen-bond donors (Lipinski definition) is 1. The van der Waals surface area contributed by atoms with Crippen molar-refractivity contribution in [3.05, 3.63) is 75.6 Å². The minimum Gasteiger partial charge on any atom is -0.347 e. The van der Waals surface area contributed by atoms with E-state index in [4.69, 9.17) is 0 Å². The molecule has 27 heavy (non-hydrogen) atoms. The van der Waals surface area contributed by atoms with E-state index in [2.05, 4.69) is 5.32 Å². The predicted octanol–water partition coefficient (Wildman–Crippen LogP) is 4.60. The van der Waals surface area contributed by atoms with Crippen molar-refractivity contribution in [1.82, 2.24) is 4.57 Å². The molecule has 1 amide bonds. The van der Waals surface area contributed by atoms with E-state index in [-0.39, 0.29) is 10.9 Å². The van der Waals surface area contributed by atoms with Gasteiger partial charge < -0.3 is 9.88 Å². The van der Waals surface area contributed by atoms with Crippen molar-refractivity contribution in [2.24, 2.45) is 0 Å². The molecule has 0 fully saturated rings. The lowest BCUT2D eigenvalue weighted by molar-refractivity contribution is -0.137. The van der Waals surface area contributed by atoms with Gasteiger partial charge in [0.1, 0.15) is 5.56 Å². The molecule has 1 aromatic heterocycles. The summed E-state index contributed by atoms with van der Waals surface area (Å²) in [5.74, 6) is -0.657. The molecule has 3 rings (SSSR count). The predicted molar refractivity (Wildman–Crippen MR) is 98.0 cm³/mol. The number of fused-ring (bicyclic) bond motifs is 1. The lowest BCUT2D eigenvalue weighted by atomic mass is 10.1. The number of nitrogens with one attached hydrogen (secondary N) is 1. The first-order valence-electron chi connectivity index (χ1n) is 8.33. The smallest absolute Gasteiger partial charge is 0.347 e. The Hall–Kier alpha value is -3.09. The number of aryl methyl sites for hydroxylation is 2. The van der Waals surface area contributed by atoms with Gasteiger partial charge in [-0.25, -0.2) is 0 Å². The number of halogens is 3. The average Bonchev–Trinajstić information content (AvgIpc) is 2.63. The van der Waals surface area contributed by atoms with Gasteiger partial charge in [-0.05, 0) is 43.7 Å². The van der Waals surface area contributed by atoms with E-state index in [1.165, 1.54) is 12.3 Å². The number of nitrogens with zero attached hydrogens (tertiary/aromatic N) is 1. The number of carbonyl (C=O) groups is 1. The summed E-state index contributed by atoms with van der Waals surface area (Å²) in [6.07, 6.45) is -3.19. The molecule has 0 spiro atoms. The molecule has 0 unspecified atom stereocenters. The maximum absolute atomic E-state index is 13.0. The number of hydrogen-bond acceptors (Lipinski definition) is 2. The van der Waals surface area contributed by atoms with Gasteiger partial charge in [0, 0.05) is 23.8 Å². The molecule has 0 bridgehead atoms. The quantitative estimate of drug-likeness (QED) is 0.728. The van der Waals surface area contributed by atoms with Gasteiger partial charge in [0.2, 0.25) is 5.43 Å². The highest BCUT2D eigenvalue weighted by molar-refractivity contribution is 6.06. The fraction of sp³-hybridized carbons (Fsp3) is 0.200. The Labute approximate surface area is 153 Å². The van der Waals surface area contributed by atoms with Crippen molar-refractivity contribution in [3.63, 3.8) is 0 Å². The first-order chi connectivity index (χ1) is 12.7. The summed E-state index contributed by atoms with van der Waals surface area (Å²) in [5, 5.41) is 2.52. The highest BCUT2D eigenvalue weighted by Crippen LogP contribution is 2.31. The summed E-state index contributed by atoms with van der Waals surface area (Å²) >= 11 is 0. The number of carbonyl (C=O) groups excluding carboxylic acids is 1. The SMILES string of the molecule is CCn1cc(C(=O)Nc2ccccc2C)c(=O)c2cc(C(F)(F)F)ccc21. The van der Waals surface area contributed by atoms with E-state index in [9.17, 15) is 22.8 Å².